The normalized spacial score (nSPS) is 10.8. The lowest BCUT2D eigenvalue weighted by Gasteiger charge is -2.03. The molecule has 0 bridgehead atoms. The molecule has 0 aliphatic heterocycles. The average Bonchev–Trinajstić information content (AvgIpc) is 2.43. The third-order valence-corrected chi connectivity index (χ3v) is 3.04. The topological polar surface area (TPSA) is 92.3 Å². The largest absolute Gasteiger partial charge is 0.496 e. The van der Waals surface area contributed by atoms with Gasteiger partial charge >= 0.3 is 0 Å². The lowest BCUT2D eigenvalue weighted by atomic mass is 10.2. The first-order chi connectivity index (χ1) is 9.60. The highest BCUT2D eigenvalue weighted by Crippen LogP contribution is 2.24. The number of aromatic amines is 1. The van der Waals surface area contributed by atoms with E-state index in [-0.39, 0.29) is 11.5 Å². The van der Waals surface area contributed by atoms with Gasteiger partial charge in [-0.15, -0.1) is 10.2 Å². The van der Waals surface area contributed by atoms with Gasteiger partial charge in [0.2, 0.25) is 5.95 Å². The van der Waals surface area contributed by atoms with Crippen molar-refractivity contribution in [2.45, 2.75) is 6.92 Å². The number of nitrogens with one attached hydrogen (secondary N) is 2. The van der Waals surface area contributed by atoms with E-state index in [0.29, 0.717) is 5.69 Å². The zero-order valence-corrected chi connectivity index (χ0v) is 12.4. The summed E-state index contributed by atoms with van der Waals surface area (Å²) >= 11 is 3.38. The first-order valence-electron chi connectivity index (χ1n) is 5.66. The molecule has 0 radical (unpaired) electrons. The van der Waals surface area contributed by atoms with Crippen molar-refractivity contribution >= 4 is 28.1 Å². The molecule has 0 unspecified atom stereocenters. The molecular formula is C12H12BrN5O2. The molecule has 0 amide bonds. The predicted molar refractivity (Wildman–Crippen MR) is 79.3 cm³/mol. The molecule has 2 aromatic rings. The van der Waals surface area contributed by atoms with Gasteiger partial charge in [0.15, 0.2) is 0 Å². The molecule has 8 heteroatoms. The number of hydrogen-bond acceptors (Lipinski definition) is 6. The Morgan fingerprint density at radius 3 is 2.90 bits per heavy atom. The molecule has 7 nitrogen and oxygen atoms in total. The molecular weight excluding hydrogens is 326 g/mol. The number of halogens is 1. The third-order valence-electron chi connectivity index (χ3n) is 2.42. The van der Waals surface area contributed by atoms with E-state index in [0.717, 1.165) is 15.8 Å². The summed E-state index contributed by atoms with van der Waals surface area (Å²) in [6.07, 6.45) is 1.59. The molecule has 2 rings (SSSR count). The van der Waals surface area contributed by atoms with Crippen LogP contribution in [0.25, 0.3) is 0 Å². The zero-order valence-electron chi connectivity index (χ0n) is 10.8. The number of nitrogens with zero attached hydrogens (tertiary/aromatic N) is 3. The van der Waals surface area contributed by atoms with Crippen molar-refractivity contribution in [1.29, 1.82) is 0 Å². The number of methoxy groups -OCH3 is 1. The summed E-state index contributed by atoms with van der Waals surface area (Å²) in [6.45, 7) is 1.58. The highest BCUT2D eigenvalue weighted by Gasteiger charge is 2.00. The van der Waals surface area contributed by atoms with E-state index >= 15 is 0 Å². The summed E-state index contributed by atoms with van der Waals surface area (Å²) in [7, 11) is 1.60. The molecule has 1 aromatic heterocycles. The number of hydrazone groups is 1. The number of anilines is 1. The summed E-state index contributed by atoms with van der Waals surface area (Å²) in [6, 6.07) is 5.52. The van der Waals surface area contributed by atoms with Gasteiger partial charge in [0.1, 0.15) is 11.4 Å². The third kappa shape index (κ3) is 3.41. The molecule has 0 saturated carbocycles. The minimum absolute atomic E-state index is 0.185. The van der Waals surface area contributed by atoms with Gasteiger partial charge in [-0.05, 0) is 46.6 Å². The molecule has 2 N–H and O–H groups in total. The average molecular weight is 338 g/mol. The monoisotopic (exact) mass is 337 g/mol. The minimum Gasteiger partial charge on any atom is -0.496 e. The zero-order chi connectivity index (χ0) is 14.5. The molecule has 0 aliphatic carbocycles. The first kappa shape index (κ1) is 14.2. The van der Waals surface area contributed by atoms with Gasteiger partial charge in [-0.3, -0.25) is 9.78 Å². The Kier molecular flexibility index (Phi) is 4.46. The van der Waals surface area contributed by atoms with Crippen molar-refractivity contribution in [3.05, 3.63) is 44.3 Å². The maximum absolute atomic E-state index is 11.3. The van der Waals surface area contributed by atoms with Crippen LogP contribution in [0.5, 0.6) is 5.75 Å². The number of benzene rings is 1. The molecule has 0 aliphatic rings. The number of rotatable bonds is 4. The first-order valence-corrected chi connectivity index (χ1v) is 6.45. The fourth-order valence-electron chi connectivity index (χ4n) is 1.37. The fraction of sp³-hybridized carbons (Fsp3) is 0.167. The van der Waals surface area contributed by atoms with Crippen molar-refractivity contribution in [1.82, 2.24) is 15.2 Å². The van der Waals surface area contributed by atoms with Crippen molar-refractivity contribution in [3.63, 3.8) is 0 Å². The maximum Gasteiger partial charge on any atom is 0.274 e. The van der Waals surface area contributed by atoms with Crippen LogP contribution in [0.15, 0.2) is 32.6 Å². The molecule has 104 valence electrons. The van der Waals surface area contributed by atoms with Crippen LogP contribution >= 0.6 is 15.9 Å². The lowest BCUT2D eigenvalue weighted by molar-refractivity contribution is 0.412. The Morgan fingerprint density at radius 1 is 1.45 bits per heavy atom. The van der Waals surface area contributed by atoms with Gasteiger partial charge in [0.25, 0.3) is 5.56 Å². The SMILES string of the molecule is COc1ccc(/C=N\Nc2nnc(C)c(=O)[nH]2)cc1Br. The molecule has 1 aromatic carbocycles. The Hall–Kier alpha value is -2.22. The van der Waals surface area contributed by atoms with Crippen LogP contribution in [0.4, 0.5) is 5.95 Å². The van der Waals surface area contributed by atoms with Crippen LogP contribution in [-0.2, 0) is 0 Å². The van der Waals surface area contributed by atoms with Crippen LogP contribution in [-0.4, -0.2) is 28.5 Å². The van der Waals surface area contributed by atoms with Crippen molar-refractivity contribution in [2.75, 3.05) is 12.5 Å². The molecule has 20 heavy (non-hydrogen) atoms. The molecule has 1 heterocycles. The van der Waals surface area contributed by atoms with Crippen LogP contribution in [0.2, 0.25) is 0 Å². The van der Waals surface area contributed by atoms with E-state index in [1.165, 1.54) is 0 Å². The number of ether oxygens (including phenoxy) is 1. The fourth-order valence-corrected chi connectivity index (χ4v) is 1.93. The smallest absolute Gasteiger partial charge is 0.274 e. The Balaban J connectivity index is 2.08. The highest BCUT2D eigenvalue weighted by molar-refractivity contribution is 9.10. The van der Waals surface area contributed by atoms with Gasteiger partial charge in [-0.2, -0.15) is 5.10 Å². The van der Waals surface area contributed by atoms with Crippen LogP contribution < -0.4 is 15.7 Å². The van der Waals surface area contributed by atoms with Crippen molar-refractivity contribution in [2.24, 2.45) is 5.10 Å². The van der Waals surface area contributed by atoms with Gasteiger partial charge in [-0.25, -0.2) is 5.43 Å². The Morgan fingerprint density at radius 2 is 2.25 bits per heavy atom. The van der Waals surface area contributed by atoms with E-state index in [9.17, 15) is 4.79 Å². The number of hydrogen-bond donors (Lipinski definition) is 2. The molecule has 0 saturated heterocycles. The van der Waals surface area contributed by atoms with Gasteiger partial charge in [0.05, 0.1) is 17.8 Å². The summed E-state index contributed by atoms with van der Waals surface area (Å²) in [5, 5.41) is 11.4. The number of aromatic nitrogens is 3. The summed E-state index contributed by atoms with van der Waals surface area (Å²) in [4.78, 5) is 13.8. The Bertz CT molecular complexity index is 698. The van der Waals surface area contributed by atoms with E-state index in [2.05, 4.69) is 41.6 Å². The van der Waals surface area contributed by atoms with E-state index in [1.807, 2.05) is 18.2 Å². The van der Waals surface area contributed by atoms with Crippen molar-refractivity contribution in [3.8, 4) is 5.75 Å². The molecule has 0 fully saturated rings. The van der Waals surface area contributed by atoms with Crippen molar-refractivity contribution < 1.29 is 4.74 Å². The standard InChI is InChI=1S/C12H12BrN5O2/c1-7-11(19)15-12(18-16-7)17-14-6-8-3-4-10(20-2)9(13)5-8/h3-6H,1-2H3,(H2,15,17,18,19)/b14-6-. The predicted octanol–water partition coefficient (Wildman–Crippen LogP) is 1.69. The lowest BCUT2D eigenvalue weighted by Crippen LogP contribution is -2.15. The Labute approximate surface area is 123 Å². The molecule has 0 atom stereocenters. The van der Waals surface area contributed by atoms with E-state index in [1.54, 1.807) is 20.2 Å². The molecule has 0 spiro atoms. The summed E-state index contributed by atoms with van der Waals surface area (Å²) < 4.78 is 5.96. The van der Waals surface area contributed by atoms with Gasteiger partial charge < -0.3 is 4.74 Å². The van der Waals surface area contributed by atoms with Gasteiger partial charge in [0, 0.05) is 0 Å². The van der Waals surface area contributed by atoms with Crippen LogP contribution in [0, 0.1) is 6.92 Å². The van der Waals surface area contributed by atoms with E-state index in [4.69, 9.17) is 4.74 Å². The maximum atomic E-state index is 11.3. The highest BCUT2D eigenvalue weighted by atomic mass is 79.9. The second-order valence-electron chi connectivity index (χ2n) is 3.85. The quantitative estimate of drug-likeness (QED) is 0.654. The number of aryl methyl sites for hydroxylation is 1. The summed E-state index contributed by atoms with van der Waals surface area (Å²) in [5.41, 5.74) is 3.46. The second kappa shape index (κ2) is 6.29. The number of H-pyrrole nitrogens is 1. The van der Waals surface area contributed by atoms with Crippen LogP contribution in [0.3, 0.4) is 0 Å². The minimum atomic E-state index is -0.301. The van der Waals surface area contributed by atoms with E-state index < -0.39 is 0 Å². The van der Waals surface area contributed by atoms with Crippen LogP contribution in [0.1, 0.15) is 11.3 Å². The summed E-state index contributed by atoms with van der Waals surface area (Å²) in [5.74, 6) is 0.924. The second-order valence-corrected chi connectivity index (χ2v) is 4.71. The van der Waals surface area contributed by atoms with Gasteiger partial charge in [-0.1, -0.05) is 0 Å².